The zero-order chi connectivity index (χ0) is 11.5. The summed E-state index contributed by atoms with van der Waals surface area (Å²) < 4.78 is 5.91. The first-order chi connectivity index (χ1) is 8.42. The van der Waals surface area contributed by atoms with Crippen LogP contribution >= 0.6 is 11.8 Å². The number of para-hydroxylation sites is 1. The summed E-state index contributed by atoms with van der Waals surface area (Å²) in [6.07, 6.45) is 1.35. The molecule has 0 saturated heterocycles. The molecule has 0 bridgehead atoms. The standard InChI is InChI=1S/C15H14OS/c1-2-7-14(8-3-1)17-11-13-10-12-6-4-5-9-15(12)16-13/h1-9,13H,10-11H2. The number of rotatable bonds is 3. The van der Waals surface area contributed by atoms with Gasteiger partial charge in [-0.25, -0.2) is 0 Å². The quantitative estimate of drug-likeness (QED) is 0.757. The molecule has 0 radical (unpaired) electrons. The minimum Gasteiger partial charge on any atom is -0.489 e. The average Bonchev–Trinajstić information content (AvgIpc) is 2.80. The summed E-state index contributed by atoms with van der Waals surface area (Å²) in [7, 11) is 0. The van der Waals surface area contributed by atoms with Crippen LogP contribution in [0.2, 0.25) is 0 Å². The smallest absolute Gasteiger partial charge is 0.123 e. The predicted octanol–water partition coefficient (Wildman–Crippen LogP) is 3.78. The van der Waals surface area contributed by atoms with Crippen LogP contribution in [-0.4, -0.2) is 11.9 Å². The van der Waals surface area contributed by atoms with Gasteiger partial charge in [0.2, 0.25) is 0 Å². The van der Waals surface area contributed by atoms with E-state index in [4.69, 9.17) is 4.74 Å². The van der Waals surface area contributed by atoms with Gasteiger partial charge in [0.25, 0.3) is 0 Å². The summed E-state index contributed by atoms with van der Waals surface area (Å²) in [5.41, 5.74) is 1.34. The highest BCUT2D eigenvalue weighted by Gasteiger charge is 2.21. The van der Waals surface area contributed by atoms with Gasteiger partial charge in [-0.05, 0) is 23.8 Å². The SMILES string of the molecule is c1ccc(SCC2Cc3ccccc3O2)cc1. The number of fused-ring (bicyclic) bond motifs is 1. The lowest BCUT2D eigenvalue weighted by Gasteiger charge is -2.09. The van der Waals surface area contributed by atoms with Crippen LogP contribution in [0.1, 0.15) is 5.56 Å². The van der Waals surface area contributed by atoms with Crippen LogP contribution in [0.4, 0.5) is 0 Å². The molecule has 1 heterocycles. The van der Waals surface area contributed by atoms with Crippen molar-refractivity contribution in [3.63, 3.8) is 0 Å². The van der Waals surface area contributed by atoms with Crippen molar-refractivity contribution in [2.45, 2.75) is 17.4 Å². The first kappa shape index (κ1) is 10.7. The van der Waals surface area contributed by atoms with Crippen LogP contribution in [0.3, 0.4) is 0 Å². The summed E-state index contributed by atoms with van der Waals surface area (Å²) >= 11 is 1.86. The molecule has 0 spiro atoms. The van der Waals surface area contributed by atoms with E-state index in [9.17, 15) is 0 Å². The van der Waals surface area contributed by atoms with Gasteiger partial charge in [-0.1, -0.05) is 36.4 Å². The topological polar surface area (TPSA) is 9.23 Å². The molecular weight excluding hydrogens is 228 g/mol. The fourth-order valence-electron chi connectivity index (χ4n) is 2.05. The minimum absolute atomic E-state index is 0.317. The third kappa shape index (κ3) is 2.47. The molecule has 0 aromatic heterocycles. The van der Waals surface area contributed by atoms with Gasteiger partial charge in [0.15, 0.2) is 0 Å². The molecule has 86 valence electrons. The Labute approximate surface area is 106 Å². The Balaban J connectivity index is 1.59. The Morgan fingerprint density at radius 3 is 2.59 bits per heavy atom. The second-order valence-electron chi connectivity index (χ2n) is 4.18. The van der Waals surface area contributed by atoms with E-state index < -0.39 is 0 Å². The van der Waals surface area contributed by atoms with Crippen LogP contribution in [0.25, 0.3) is 0 Å². The monoisotopic (exact) mass is 242 g/mol. The van der Waals surface area contributed by atoms with Crippen LogP contribution in [0.15, 0.2) is 59.5 Å². The van der Waals surface area contributed by atoms with Crippen LogP contribution < -0.4 is 4.74 Å². The Morgan fingerprint density at radius 1 is 1.00 bits per heavy atom. The molecule has 3 rings (SSSR count). The van der Waals surface area contributed by atoms with Crippen LogP contribution in [0.5, 0.6) is 5.75 Å². The van der Waals surface area contributed by atoms with E-state index in [0.29, 0.717) is 6.10 Å². The summed E-state index contributed by atoms with van der Waals surface area (Å²) in [6.45, 7) is 0. The van der Waals surface area contributed by atoms with Gasteiger partial charge < -0.3 is 4.74 Å². The highest BCUT2D eigenvalue weighted by atomic mass is 32.2. The molecule has 0 fully saturated rings. The van der Waals surface area contributed by atoms with Gasteiger partial charge in [0.05, 0.1) is 0 Å². The molecular formula is C15H14OS. The van der Waals surface area contributed by atoms with E-state index in [-0.39, 0.29) is 0 Å². The van der Waals surface area contributed by atoms with E-state index in [1.54, 1.807) is 0 Å². The number of ether oxygens (including phenoxy) is 1. The van der Waals surface area contributed by atoms with E-state index in [1.165, 1.54) is 10.5 Å². The number of hydrogen-bond acceptors (Lipinski definition) is 2. The Morgan fingerprint density at radius 2 is 1.76 bits per heavy atom. The van der Waals surface area contributed by atoms with Gasteiger partial charge in [-0.2, -0.15) is 0 Å². The molecule has 0 N–H and O–H groups in total. The van der Waals surface area contributed by atoms with Gasteiger partial charge in [0, 0.05) is 17.1 Å². The highest BCUT2D eigenvalue weighted by Crippen LogP contribution is 2.31. The maximum absolute atomic E-state index is 5.91. The normalized spacial score (nSPS) is 17.5. The van der Waals surface area contributed by atoms with Crippen molar-refractivity contribution in [2.75, 3.05) is 5.75 Å². The molecule has 0 aliphatic carbocycles. The fraction of sp³-hybridized carbons (Fsp3) is 0.200. The Bertz CT molecular complexity index is 470. The summed E-state index contributed by atoms with van der Waals surface area (Å²) in [4.78, 5) is 1.31. The Kier molecular flexibility index (Phi) is 3.06. The molecule has 0 saturated carbocycles. The number of hydrogen-bond donors (Lipinski definition) is 0. The van der Waals surface area contributed by atoms with Gasteiger partial charge in [-0.3, -0.25) is 0 Å². The zero-order valence-electron chi connectivity index (χ0n) is 9.50. The zero-order valence-corrected chi connectivity index (χ0v) is 10.3. The first-order valence-electron chi connectivity index (χ1n) is 5.84. The molecule has 1 nitrogen and oxygen atoms in total. The second-order valence-corrected chi connectivity index (χ2v) is 5.27. The first-order valence-corrected chi connectivity index (χ1v) is 6.83. The van der Waals surface area contributed by atoms with Crippen molar-refractivity contribution in [3.8, 4) is 5.75 Å². The van der Waals surface area contributed by atoms with Crippen molar-refractivity contribution in [2.24, 2.45) is 0 Å². The lowest BCUT2D eigenvalue weighted by molar-refractivity contribution is 0.259. The molecule has 2 aromatic rings. The fourth-order valence-corrected chi connectivity index (χ4v) is 2.97. The third-order valence-corrected chi connectivity index (χ3v) is 4.04. The van der Waals surface area contributed by atoms with Crippen molar-refractivity contribution >= 4 is 11.8 Å². The maximum Gasteiger partial charge on any atom is 0.123 e. The van der Waals surface area contributed by atoms with Crippen molar-refractivity contribution < 1.29 is 4.74 Å². The predicted molar refractivity (Wildman–Crippen MR) is 71.7 cm³/mol. The molecule has 2 heteroatoms. The lowest BCUT2D eigenvalue weighted by atomic mass is 10.1. The largest absolute Gasteiger partial charge is 0.489 e. The van der Waals surface area contributed by atoms with E-state index in [0.717, 1.165) is 17.9 Å². The van der Waals surface area contributed by atoms with E-state index in [2.05, 4.69) is 42.5 Å². The van der Waals surface area contributed by atoms with Crippen LogP contribution in [-0.2, 0) is 6.42 Å². The van der Waals surface area contributed by atoms with Crippen molar-refractivity contribution in [1.29, 1.82) is 0 Å². The molecule has 1 atom stereocenters. The molecule has 0 amide bonds. The third-order valence-electron chi connectivity index (χ3n) is 2.89. The molecule has 1 unspecified atom stereocenters. The van der Waals surface area contributed by atoms with Gasteiger partial charge in [-0.15, -0.1) is 11.8 Å². The van der Waals surface area contributed by atoms with E-state index >= 15 is 0 Å². The summed E-state index contributed by atoms with van der Waals surface area (Å²) in [6, 6.07) is 18.8. The summed E-state index contributed by atoms with van der Waals surface area (Å²) in [5.74, 6) is 2.07. The maximum atomic E-state index is 5.91. The summed E-state index contributed by atoms with van der Waals surface area (Å²) in [5, 5.41) is 0. The molecule has 1 aliphatic heterocycles. The second kappa shape index (κ2) is 4.84. The number of benzene rings is 2. The lowest BCUT2D eigenvalue weighted by Crippen LogP contribution is -2.15. The Hall–Kier alpha value is -1.41. The van der Waals surface area contributed by atoms with Crippen molar-refractivity contribution in [3.05, 3.63) is 60.2 Å². The molecule has 2 aromatic carbocycles. The average molecular weight is 242 g/mol. The van der Waals surface area contributed by atoms with Crippen molar-refractivity contribution in [1.82, 2.24) is 0 Å². The van der Waals surface area contributed by atoms with Gasteiger partial charge in [0.1, 0.15) is 11.9 Å². The minimum atomic E-state index is 0.317. The molecule has 17 heavy (non-hydrogen) atoms. The van der Waals surface area contributed by atoms with E-state index in [1.807, 2.05) is 23.9 Å². The van der Waals surface area contributed by atoms with Crippen LogP contribution in [0, 0.1) is 0 Å². The molecule has 1 aliphatic rings. The number of thioether (sulfide) groups is 1. The highest BCUT2D eigenvalue weighted by molar-refractivity contribution is 7.99. The van der Waals surface area contributed by atoms with Gasteiger partial charge >= 0.3 is 0 Å².